The van der Waals surface area contributed by atoms with Gasteiger partial charge in [0.05, 0.1) is 0 Å². The standard InChI is InChI=1S/C23H45N/c1-2-3-4-5-6-7-8-9-10-11-12-13-14-15-16-23-17-20-24(21-18-23)22-19-23/h2-22H2,1H3. The molecule has 3 saturated heterocycles. The van der Waals surface area contributed by atoms with Crippen molar-refractivity contribution in [3.05, 3.63) is 0 Å². The predicted octanol–water partition coefficient (Wildman–Crippen LogP) is 7.34. The summed E-state index contributed by atoms with van der Waals surface area (Å²) in [6.07, 6.45) is 26.8. The molecule has 1 nitrogen and oxygen atoms in total. The molecular formula is C23H45N. The zero-order valence-electron chi connectivity index (χ0n) is 16.8. The highest BCUT2D eigenvalue weighted by Gasteiger charge is 2.38. The molecule has 3 heterocycles. The normalized spacial score (nSPS) is 26.1. The highest BCUT2D eigenvalue weighted by atomic mass is 15.1. The fourth-order valence-electron chi connectivity index (χ4n) is 4.97. The van der Waals surface area contributed by atoms with E-state index in [0.29, 0.717) is 0 Å². The van der Waals surface area contributed by atoms with Gasteiger partial charge in [-0.2, -0.15) is 0 Å². The summed E-state index contributed by atoms with van der Waals surface area (Å²) in [7, 11) is 0. The fourth-order valence-corrected chi connectivity index (χ4v) is 4.97. The third kappa shape index (κ3) is 7.89. The van der Waals surface area contributed by atoms with Gasteiger partial charge in [-0.3, -0.25) is 0 Å². The first-order valence-electron chi connectivity index (χ1n) is 11.6. The lowest BCUT2D eigenvalue weighted by molar-refractivity contribution is 0.0180. The average Bonchev–Trinajstić information content (AvgIpc) is 2.63. The van der Waals surface area contributed by atoms with Gasteiger partial charge in [0.1, 0.15) is 0 Å². The topological polar surface area (TPSA) is 3.24 Å². The molecule has 3 aliphatic rings. The second-order valence-corrected chi connectivity index (χ2v) is 8.94. The zero-order chi connectivity index (χ0) is 16.9. The summed E-state index contributed by atoms with van der Waals surface area (Å²) >= 11 is 0. The molecular weight excluding hydrogens is 290 g/mol. The van der Waals surface area contributed by atoms with Crippen LogP contribution in [0.3, 0.4) is 0 Å². The van der Waals surface area contributed by atoms with E-state index < -0.39 is 0 Å². The van der Waals surface area contributed by atoms with Crippen LogP contribution in [0.1, 0.15) is 122 Å². The molecule has 3 aliphatic heterocycles. The van der Waals surface area contributed by atoms with Crippen molar-refractivity contribution < 1.29 is 0 Å². The van der Waals surface area contributed by atoms with Crippen LogP contribution in [0.25, 0.3) is 0 Å². The highest BCUT2D eigenvalue weighted by Crippen LogP contribution is 2.43. The summed E-state index contributed by atoms with van der Waals surface area (Å²) in [6.45, 7) is 6.51. The van der Waals surface area contributed by atoms with Crippen LogP contribution in [0, 0.1) is 5.41 Å². The molecule has 1 heteroatoms. The molecule has 0 spiro atoms. The highest BCUT2D eigenvalue weighted by molar-refractivity contribution is 4.91. The molecule has 0 N–H and O–H groups in total. The molecule has 0 unspecified atom stereocenters. The molecule has 0 aromatic rings. The molecule has 0 atom stereocenters. The number of unbranched alkanes of at least 4 members (excludes halogenated alkanes) is 13. The lowest BCUT2D eigenvalue weighted by atomic mass is 9.69. The molecule has 0 aromatic heterocycles. The number of hydrogen-bond acceptors (Lipinski definition) is 1. The van der Waals surface area contributed by atoms with Gasteiger partial charge in [0, 0.05) is 0 Å². The van der Waals surface area contributed by atoms with E-state index in [1.807, 2.05) is 0 Å². The van der Waals surface area contributed by atoms with Gasteiger partial charge in [0.15, 0.2) is 0 Å². The smallest absolute Gasteiger partial charge is 0.00134 e. The van der Waals surface area contributed by atoms with E-state index in [2.05, 4.69) is 11.8 Å². The predicted molar refractivity (Wildman–Crippen MR) is 108 cm³/mol. The Balaban J connectivity index is 1.30. The van der Waals surface area contributed by atoms with Crippen LogP contribution >= 0.6 is 0 Å². The Labute approximate surface area is 153 Å². The molecule has 24 heavy (non-hydrogen) atoms. The van der Waals surface area contributed by atoms with Gasteiger partial charge in [-0.15, -0.1) is 0 Å². The number of nitrogens with zero attached hydrogens (tertiary/aromatic N) is 1. The van der Waals surface area contributed by atoms with Crippen LogP contribution < -0.4 is 0 Å². The summed E-state index contributed by atoms with van der Waals surface area (Å²) < 4.78 is 0. The molecule has 0 radical (unpaired) electrons. The first kappa shape index (κ1) is 20.3. The van der Waals surface area contributed by atoms with Gasteiger partial charge < -0.3 is 4.90 Å². The number of piperidine rings is 3. The molecule has 0 aromatic carbocycles. The van der Waals surface area contributed by atoms with E-state index in [1.165, 1.54) is 129 Å². The van der Waals surface area contributed by atoms with Crippen LogP contribution in [0.4, 0.5) is 0 Å². The third-order valence-corrected chi connectivity index (χ3v) is 6.94. The molecule has 0 amide bonds. The Morgan fingerprint density at radius 1 is 0.542 bits per heavy atom. The first-order chi connectivity index (χ1) is 11.8. The fraction of sp³-hybridized carbons (Fsp3) is 1.00. The maximum absolute atomic E-state index is 2.67. The summed E-state index contributed by atoms with van der Waals surface area (Å²) in [5.74, 6) is 0. The van der Waals surface area contributed by atoms with Gasteiger partial charge in [-0.25, -0.2) is 0 Å². The van der Waals surface area contributed by atoms with E-state index in [4.69, 9.17) is 0 Å². The van der Waals surface area contributed by atoms with Crippen LogP contribution in [0.15, 0.2) is 0 Å². The van der Waals surface area contributed by atoms with Crippen molar-refractivity contribution in [1.29, 1.82) is 0 Å². The number of hydrogen-bond donors (Lipinski definition) is 0. The first-order valence-corrected chi connectivity index (χ1v) is 11.6. The van der Waals surface area contributed by atoms with Crippen molar-refractivity contribution in [2.45, 2.75) is 122 Å². The maximum Gasteiger partial charge on any atom is -0.00134 e. The van der Waals surface area contributed by atoms with Crippen molar-refractivity contribution in [3.8, 4) is 0 Å². The molecule has 0 aliphatic carbocycles. The van der Waals surface area contributed by atoms with Gasteiger partial charge in [-0.05, 0) is 50.7 Å². The Kier molecular flexibility index (Phi) is 10.4. The number of rotatable bonds is 15. The Morgan fingerprint density at radius 2 is 0.917 bits per heavy atom. The van der Waals surface area contributed by atoms with E-state index in [-0.39, 0.29) is 0 Å². The van der Waals surface area contributed by atoms with Crippen LogP contribution in [-0.4, -0.2) is 24.5 Å². The Morgan fingerprint density at radius 3 is 1.33 bits per heavy atom. The minimum Gasteiger partial charge on any atom is -0.303 e. The minimum atomic E-state index is 0.784. The second kappa shape index (κ2) is 12.3. The lowest BCUT2D eigenvalue weighted by Gasteiger charge is -2.48. The van der Waals surface area contributed by atoms with Crippen molar-refractivity contribution in [2.75, 3.05) is 19.6 Å². The molecule has 0 saturated carbocycles. The molecule has 3 rings (SSSR count). The Bertz CT molecular complexity index is 277. The third-order valence-electron chi connectivity index (χ3n) is 6.94. The van der Waals surface area contributed by atoms with Crippen molar-refractivity contribution in [3.63, 3.8) is 0 Å². The SMILES string of the molecule is CCCCCCCCCCCCCCCCC12CCN(CC1)CC2. The van der Waals surface area contributed by atoms with Crippen molar-refractivity contribution in [2.24, 2.45) is 5.41 Å². The van der Waals surface area contributed by atoms with Crippen molar-refractivity contribution >= 4 is 0 Å². The van der Waals surface area contributed by atoms with Gasteiger partial charge in [0.2, 0.25) is 0 Å². The van der Waals surface area contributed by atoms with Crippen molar-refractivity contribution in [1.82, 2.24) is 4.90 Å². The minimum absolute atomic E-state index is 0.784. The van der Waals surface area contributed by atoms with E-state index >= 15 is 0 Å². The van der Waals surface area contributed by atoms with Gasteiger partial charge >= 0.3 is 0 Å². The van der Waals surface area contributed by atoms with E-state index in [9.17, 15) is 0 Å². The van der Waals surface area contributed by atoms with E-state index in [1.54, 1.807) is 6.42 Å². The summed E-state index contributed by atoms with van der Waals surface area (Å²) in [5, 5.41) is 0. The maximum atomic E-state index is 2.67. The monoisotopic (exact) mass is 335 g/mol. The number of fused-ring (bicyclic) bond motifs is 3. The van der Waals surface area contributed by atoms with Crippen LogP contribution in [-0.2, 0) is 0 Å². The quantitative estimate of drug-likeness (QED) is 0.283. The van der Waals surface area contributed by atoms with Gasteiger partial charge in [0.25, 0.3) is 0 Å². The van der Waals surface area contributed by atoms with Crippen LogP contribution in [0.5, 0.6) is 0 Å². The van der Waals surface area contributed by atoms with Crippen LogP contribution in [0.2, 0.25) is 0 Å². The summed E-state index contributed by atoms with van der Waals surface area (Å²) in [4.78, 5) is 2.67. The largest absolute Gasteiger partial charge is 0.303 e. The van der Waals surface area contributed by atoms with Gasteiger partial charge in [-0.1, -0.05) is 96.8 Å². The summed E-state index contributed by atoms with van der Waals surface area (Å²) in [5.41, 5.74) is 0.784. The zero-order valence-corrected chi connectivity index (χ0v) is 16.8. The molecule has 3 fully saturated rings. The molecule has 142 valence electrons. The average molecular weight is 336 g/mol. The second-order valence-electron chi connectivity index (χ2n) is 8.94. The van der Waals surface area contributed by atoms with E-state index in [0.717, 1.165) is 5.41 Å². The summed E-state index contributed by atoms with van der Waals surface area (Å²) in [6, 6.07) is 0. The molecule has 2 bridgehead atoms. The lowest BCUT2D eigenvalue weighted by Crippen LogP contribution is -2.48. The Hall–Kier alpha value is -0.0400.